The number of carbonyl (C=O) groups excluding carboxylic acids is 1. The van der Waals surface area contributed by atoms with Crippen LogP contribution in [0.15, 0.2) is 0 Å². The second-order valence-corrected chi connectivity index (χ2v) is 6.88. The third-order valence-corrected chi connectivity index (χ3v) is 3.72. The first-order chi connectivity index (χ1) is 9.73. The Bertz CT molecular complexity index is 286. The van der Waals surface area contributed by atoms with Crippen molar-refractivity contribution in [1.82, 2.24) is 5.32 Å². The third-order valence-electron chi connectivity index (χ3n) is 3.72. The van der Waals surface area contributed by atoms with Crippen molar-refractivity contribution in [2.75, 3.05) is 0 Å². The molecule has 2 N–H and O–H groups in total. The van der Waals surface area contributed by atoms with E-state index in [0.717, 1.165) is 19.3 Å². The zero-order valence-electron chi connectivity index (χ0n) is 14.7. The highest BCUT2D eigenvalue weighted by Crippen LogP contribution is 2.21. The van der Waals surface area contributed by atoms with Gasteiger partial charge in [0.15, 0.2) is 0 Å². The number of alkyl carbamates (subject to hydrolysis) is 1. The van der Waals surface area contributed by atoms with Crippen LogP contribution in [0.5, 0.6) is 0 Å². The van der Waals surface area contributed by atoms with Crippen molar-refractivity contribution in [3.05, 3.63) is 0 Å². The fraction of sp³-hybridized carbons (Fsp3) is 0.941. The van der Waals surface area contributed by atoms with Gasteiger partial charge in [-0.15, -0.1) is 0 Å². The maximum atomic E-state index is 11.9. The van der Waals surface area contributed by atoms with E-state index in [9.17, 15) is 9.90 Å². The summed E-state index contributed by atoms with van der Waals surface area (Å²) in [4.78, 5) is 11.9. The number of ether oxygens (including phenoxy) is 1. The molecule has 0 radical (unpaired) electrons. The zero-order chi connectivity index (χ0) is 16.5. The van der Waals surface area contributed by atoms with E-state index in [0.29, 0.717) is 12.3 Å². The molecule has 0 heterocycles. The highest BCUT2D eigenvalue weighted by molar-refractivity contribution is 5.68. The predicted octanol–water partition coefficient (Wildman–Crippen LogP) is 4.26. The van der Waals surface area contributed by atoms with Crippen LogP contribution in [-0.2, 0) is 4.74 Å². The maximum Gasteiger partial charge on any atom is 0.407 e. The highest BCUT2D eigenvalue weighted by Gasteiger charge is 2.25. The average molecular weight is 301 g/mol. The number of aliphatic hydroxyl groups is 1. The second-order valence-electron chi connectivity index (χ2n) is 6.88. The Kier molecular flexibility index (Phi) is 9.67. The third kappa shape index (κ3) is 9.72. The standard InChI is InChI=1S/C17H35NO3/c1-7-10-11-13(8-2)12-14(15(19)9-3)18-16(20)21-17(4,5)6/h13-15,19H,7-12H2,1-6H3,(H,18,20). The van der Waals surface area contributed by atoms with Crippen LogP contribution < -0.4 is 5.32 Å². The van der Waals surface area contributed by atoms with Gasteiger partial charge in [0.2, 0.25) is 0 Å². The van der Waals surface area contributed by atoms with Gasteiger partial charge in [-0.3, -0.25) is 0 Å². The SMILES string of the molecule is CCCCC(CC)CC(NC(=O)OC(C)(C)C)C(O)CC. The van der Waals surface area contributed by atoms with Gasteiger partial charge in [0.05, 0.1) is 12.1 Å². The van der Waals surface area contributed by atoms with Gasteiger partial charge in [0, 0.05) is 0 Å². The maximum absolute atomic E-state index is 11.9. The number of hydrogen-bond donors (Lipinski definition) is 2. The predicted molar refractivity (Wildman–Crippen MR) is 87.4 cm³/mol. The molecular weight excluding hydrogens is 266 g/mol. The van der Waals surface area contributed by atoms with Crippen molar-refractivity contribution in [1.29, 1.82) is 0 Å². The van der Waals surface area contributed by atoms with Crippen LogP contribution in [0.3, 0.4) is 0 Å². The summed E-state index contributed by atoms with van der Waals surface area (Å²) in [6, 6.07) is -0.230. The van der Waals surface area contributed by atoms with E-state index in [-0.39, 0.29) is 6.04 Å². The zero-order valence-corrected chi connectivity index (χ0v) is 14.7. The van der Waals surface area contributed by atoms with Crippen LogP contribution in [0.25, 0.3) is 0 Å². The molecule has 0 saturated carbocycles. The Hall–Kier alpha value is -0.770. The molecule has 0 aliphatic carbocycles. The molecule has 1 amide bonds. The number of amides is 1. The smallest absolute Gasteiger partial charge is 0.407 e. The van der Waals surface area contributed by atoms with Crippen LogP contribution in [-0.4, -0.2) is 28.9 Å². The molecule has 4 heteroatoms. The highest BCUT2D eigenvalue weighted by atomic mass is 16.6. The molecule has 0 fully saturated rings. The number of rotatable bonds is 9. The van der Waals surface area contributed by atoms with E-state index in [4.69, 9.17) is 4.74 Å². The number of hydrogen-bond acceptors (Lipinski definition) is 3. The Morgan fingerprint density at radius 1 is 1.19 bits per heavy atom. The minimum Gasteiger partial charge on any atom is -0.444 e. The van der Waals surface area contributed by atoms with Crippen LogP contribution in [0.4, 0.5) is 4.79 Å². The largest absolute Gasteiger partial charge is 0.444 e. The minimum atomic E-state index is -0.520. The monoisotopic (exact) mass is 301 g/mol. The molecule has 0 spiro atoms. The lowest BCUT2D eigenvalue weighted by Gasteiger charge is -2.29. The molecule has 0 saturated heterocycles. The van der Waals surface area contributed by atoms with Crippen molar-refractivity contribution >= 4 is 6.09 Å². The van der Waals surface area contributed by atoms with Gasteiger partial charge < -0.3 is 15.2 Å². The van der Waals surface area contributed by atoms with E-state index in [1.54, 1.807) is 0 Å². The first kappa shape index (κ1) is 20.2. The fourth-order valence-corrected chi connectivity index (χ4v) is 2.40. The molecule has 0 aliphatic rings. The molecule has 126 valence electrons. The van der Waals surface area contributed by atoms with Gasteiger partial charge >= 0.3 is 6.09 Å². The van der Waals surface area contributed by atoms with Gasteiger partial charge in [0.1, 0.15) is 5.60 Å². The van der Waals surface area contributed by atoms with Crippen molar-refractivity contribution in [3.63, 3.8) is 0 Å². The molecule has 4 nitrogen and oxygen atoms in total. The molecule has 0 aromatic carbocycles. The van der Waals surface area contributed by atoms with E-state index in [1.807, 2.05) is 27.7 Å². The van der Waals surface area contributed by atoms with E-state index >= 15 is 0 Å². The van der Waals surface area contributed by atoms with E-state index < -0.39 is 17.8 Å². The topological polar surface area (TPSA) is 58.6 Å². The quantitative estimate of drug-likeness (QED) is 0.669. The van der Waals surface area contributed by atoms with Crippen LogP contribution in [0.2, 0.25) is 0 Å². The summed E-state index contributed by atoms with van der Waals surface area (Å²) >= 11 is 0. The van der Waals surface area contributed by atoms with Gasteiger partial charge in [0.25, 0.3) is 0 Å². The first-order valence-corrected chi connectivity index (χ1v) is 8.41. The minimum absolute atomic E-state index is 0.230. The first-order valence-electron chi connectivity index (χ1n) is 8.41. The normalized spacial score (nSPS) is 16.1. The van der Waals surface area contributed by atoms with E-state index in [1.165, 1.54) is 12.8 Å². The molecule has 0 aromatic heterocycles. The average Bonchev–Trinajstić information content (AvgIpc) is 2.39. The second kappa shape index (κ2) is 10.0. The fourth-order valence-electron chi connectivity index (χ4n) is 2.40. The number of unbranched alkanes of at least 4 members (excludes halogenated alkanes) is 1. The van der Waals surface area contributed by atoms with Crippen LogP contribution >= 0.6 is 0 Å². The summed E-state index contributed by atoms with van der Waals surface area (Å²) in [6.07, 6.45) is 5.07. The summed E-state index contributed by atoms with van der Waals surface area (Å²) < 4.78 is 5.30. The lowest BCUT2D eigenvalue weighted by molar-refractivity contribution is 0.0391. The Morgan fingerprint density at radius 2 is 1.81 bits per heavy atom. The van der Waals surface area contributed by atoms with Gasteiger partial charge in [-0.1, -0.05) is 46.5 Å². The van der Waals surface area contributed by atoms with Crippen molar-refractivity contribution in [2.45, 2.75) is 97.8 Å². The summed E-state index contributed by atoms with van der Waals surface area (Å²) in [7, 11) is 0. The molecule has 0 aromatic rings. The molecule has 0 rings (SSSR count). The van der Waals surface area contributed by atoms with E-state index in [2.05, 4.69) is 19.2 Å². The van der Waals surface area contributed by atoms with Crippen molar-refractivity contribution in [2.24, 2.45) is 5.92 Å². The molecule has 0 aliphatic heterocycles. The Balaban J connectivity index is 4.60. The summed E-state index contributed by atoms with van der Waals surface area (Å²) in [6.45, 7) is 11.8. The molecule has 21 heavy (non-hydrogen) atoms. The lowest BCUT2D eigenvalue weighted by atomic mass is 9.89. The molecule has 3 unspecified atom stereocenters. The van der Waals surface area contributed by atoms with Crippen molar-refractivity contribution < 1.29 is 14.6 Å². The van der Waals surface area contributed by atoms with Crippen LogP contribution in [0, 0.1) is 5.92 Å². The molecular formula is C17H35NO3. The lowest BCUT2D eigenvalue weighted by Crippen LogP contribution is -2.46. The van der Waals surface area contributed by atoms with Gasteiger partial charge in [-0.2, -0.15) is 0 Å². The summed E-state index contributed by atoms with van der Waals surface area (Å²) in [5.74, 6) is 0.533. The summed E-state index contributed by atoms with van der Waals surface area (Å²) in [5.41, 5.74) is -0.516. The Morgan fingerprint density at radius 3 is 2.24 bits per heavy atom. The van der Waals surface area contributed by atoms with Gasteiger partial charge in [-0.05, 0) is 39.5 Å². The van der Waals surface area contributed by atoms with Crippen LogP contribution in [0.1, 0.15) is 80.1 Å². The number of nitrogens with one attached hydrogen (secondary N) is 1. The molecule has 0 bridgehead atoms. The van der Waals surface area contributed by atoms with Crippen molar-refractivity contribution in [3.8, 4) is 0 Å². The van der Waals surface area contributed by atoms with Gasteiger partial charge in [-0.25, -0.2) is 4.79 Å². The number of carbonyl (C=O) groups is 1. The summed E-state index contributed by atoms with van der Waals surface area (Å²) in [5, 5.41) is 13.0. The Labute approximate surface area is 130 Å². The molecule has 3 atom stereocenters. The number of aliphatic hydroxyl groups excluding tert-OH is 1.